The molecule has 2 rings (SSSR count). The third-order valence-electron chi connectivity index (χ3n) is 3.17. The van der Waals surface area contributed by atoms with Crippen molar-refractivity contribution in [2.45, 2.75) is 40.2 Å². The molecule has 1 heterocycles. The first-order valence-corrected chi connectivity index (χ1v) is 7.23. The van der Waals surface area contributed by atoms with Gasteiger partial charge in [-0.25, -0.2) is 9.97 Å². The maximum atomic E-state index is 12.2. The van der Waals surface area contributed by atoms with Crippen molar-refractivity contribution in [2.24, 2.45) is 0 Å². The lowest BCUT2D eigenvalue weighted by atomic mass is 10.1. The summed E-state index contributed by atoms with van der Waals surface area (Å²) in [5.74, 6) is 0.292. The number of benzene rings is 1. The Bertz CT molecular complexity index is 672. The van der Waals surface area contributed by atoms with E-state index < -0.39 is 0 Å². The molecule has 0 saturated carbocycles. The number of aromatic nitrogens is 2. The van der Waals surface area contributed by atoms with Crippen LogP contribution in [0.3, 0.4) is 0 Å². The summed E-state index contributed by atoms with van der Waals surface area (Å²) in [5.41, 5.74) is 3.41. The van der Waals surface area contributed by atoms with Crippen molar-refractivity contribution in [2.75, 3.05) is 10.6 Å². The summed E-state index contributed by atoms with van der Waals surface area (Å²) < 4.78 is 0. The first kappa shape index (κ1) is 15.9. The smallest absolute Gasteiger partial charge is 0.258 e. The van der Waals surface area contributed by atoms with Gasteiger partial charge in [-0.05, 0) is 57.9 Å². The lowest BCUT2D eigenvalue weighted by molar-refractivity contribution is 0.102. The zero-order valence-electron chi connectivity index (χ0n) is 13.7. The third kappa shape index (κ3) is 4.28. The molecule has 2 N–H and O–H groups in total. The largest absolute Gasteiger partial charge is 0.350 e. The highest BCUT2D eigenvalue weighted by Crippen LogP contribution is 2.15. The highest BCUT2D eigenvalue weighted by molar-refractivity contribution is 6.03. The van der Waals surface area contributed by atoms with Crippen molar-refractivity contribution in [3.05, 3.63) is 47.3 Å². The number of carbonyl (C=O) groups excluding carboxylic acids is 1. The number of hydrogen-bond acceptors (Lipinski definition) is 4. The molecule has 0 aliphatic rings. The van der Waals surface area contributed by atoms with E-state index in [1.54, 1.807) is 0 Å². The SMILES string of the molecule is Cc1ccc(NC(=O)c2cnc(NC(C)(C)C)nc2)cc1C. The first-order chi connectivity index (χ1) is 10.2. The number of nitrogens with zero attached hydrogens (tertiary/aromatic N) is 2. The fourth-order valence-electron chi connectivity index (χ4n) is 1.87. The molecule has 0 unspecified atom stereocenters. The highest BCUT2D eigenvalue weighted by atomic mass is 16.1. The van der Waals surface area contributed by atoms with E-state index >= 15 is 0 Å². The monoisotopic (exact) mass is 298 g/mol. The van der Waals surface area contributed by atoms with E-state index in [1.807, 2.05) is 52.8 Å². The van der Waals surface area contributed by atoms with E-state index in [0.29, 0.717) is 11.5 Å². The molecule has 5 nitrogen and oxygen atoms in total. The second-order valence-corrected chi connectivity index (χ2v) is 6.42. The van der Waals surface area contributed by atoms with Gasteiger partial charge in [0.2, 0.25) is 5.95 Å². The fraction of sp³-hybridized carbons (Fsp3) is 0.353. The van der Waals surface area contributed by atoms with Gasteiger partial charge in [0, 0.05) is 23.6 Å². The normalized spacial score (nSPS) is 11.1. The Labute approximate surface area is 131 Å². The van der Waals surface area contributed by atoms with Gasteiger partial charge in [-0.3, -0.25) is 4.79 Å². The predicted molar refractivity (Wildman–Crippen MR) is 89.3 cm³/mol. The van der Waals surface area contributed by atoms with Crippen LogP contribution < -0.4 is 10.6 Å². The number of nitrogens with one attached hydrogen (secondary N) is 2. The van der Waals surface area contributed by atoms with E-state index in [9.17, 15) is 4.79 Å². The van der Waals surface area contributed by atoms with Crippen molar-refractivity contribution >= 4 is 17.5 Å². The summed E-state index contributed by atoms with van der Waals surface area (Å²) >= 11 is 0. The molecule has 0 aliphatic carbocycles. The number of hydrogen-bond donors (Lipinski definition) is 2. The summed E-state index contributed by atoms with van der Waals surface area (Å²) in [6.07, 6.45) is 3.05. The first-order valence-electron chi connectivity index (χ1n) is 7.23. The van der Waals surface area contributed by atoms with E-state index in [-0.39, 0.29) is 11.4 Å². The summed E-state index contributed by atoms with van der Waals surface area (Å²) in [6.45, 7) is 10.1. The average molecular weight is 298 g/mol. The van der Waals surface area contributed by atoms with E-state index in [0.717, 1.165) is 11.3 Å². The van der Waals surface area contributed by atoms with Crippen molar-refractivity contribution in [3.63, 3.8) is 0 Å². The van der Waals surface area contributed by atoms with Gasteiger partial charge in [-0.1, -0.05) is 6.07 Å². The maximum absolute atomic E-state index is 12.2. The Morgan fingerprint density at radius 1 is 1.05 bits per heavy atom. The molecule has 0 atom stereocenters. The fourth-order valence-corrected chi connectivity index (χ4v) is 1.87. The summed E-state index contributed by atoms with van der Waals surface area (Å²) in [5, 5.41) is 6.01. The van der Waals surface area contributed by atoms with Crippen LogP contribution in [0, 0.1) is 13.8 Å². The minimum Gasteiger partial charge on any atom is -0.350 e. The third-order valence-corrected chi connectivity index (χ3v) is 3.17. The second-order valence-electron chi connectivity index (χ2n) is 6.42. The molecule has 1 amide bonds. The molecule has 5 heteroatoms. The summed E-state index contributed by atoms with van der Waals surface area (Å²) in [6, 6.07) is 5.82. The molecule has 0 radical (unpaired) electrons. The number of anilines is 2. The van der Waals surface area contributed by atoms with Crippen LogP contribution in [0.15, 0.2) is 30.6 Å². The van der Waals surface area contributed by atoms with Crippen LogP contribution in [0.2, 0.25) is 0 Å². The zero-order chi connectivity index (χ0) is 16.3. The number of carbonyl (C=O) groups is 1. The van der Waals surface area contributed by atoms with Gasteiger partial charge in [0.1, 0.15) is 0 Å². The lowest BCUT2D eigenvalue weighted by Crippen LogP contribution is -2.27. The van der Waals surface area contributed by atoms with Crippen LogP contribution in [0.5, 0.6) is 0 Å². The highest BCUT2D eigenvalue weighted by Gasteiger charge is 2.12. The van der Waals surface area contributed by atoms with Crippen molar-refractivity contribution in [1.82, 2.24) is 9.97 Å². The van der Waals surface area contributed by atoms with Crippen molar-refractivity contribution < 1.29 is 4.79 Å². The molecule has 1 aromatic carbocycles. The van der Waals surface area contributed by atoms with E-state index in [2.05, 4.69) is 20.6 Å². The molecule has 0 aliphatic heterocycles. The van der Waals surface area contributed by atoms with Crippen LogP contribution in [0.25, 0.3) is 0 Å². The molecule has 0 bridgehead atoms. The standard InChI is InChI=1S/C17H22N4O/c1-11-6-7-14(8-12(11)2)20-15(22)13-9-18-16(19-10-13)21-17(3,4)5/h6-10H,1-5H3,(H,20,22)(H,18,19,21). The minimum atomic E-state index is -0.217. The zero-order valence-corrected chi connectivity index (χ0v) is 13.7. The maximum Gasteiger partial charge on any atom is 0.258 e. The summed E-state index contributed by atoms with van der Waals surface area (Å²) in [7, 11) is 0. The molecule has 0 spiro atoms. The Kier molecular flexibility index (Phi) is 4.45. The molecule has 1 aromatic heterocycles. The number of aryl methyl sites for hydroxylation is 2. The van der Waals surface area contributed by atoms with Crippen molar-refractivity contribution in [3.8, 4) is 0 Å². The van der Waals surface area contributed by atoms with Gasteiger partial charge >= 0.3 is 0 Å². The number of amides is 1. The molecular formula is C17H22N4O. The topological polar surface area (TPSA) is 66.9 Å². The minimum absolute atomic E-state index is 0.122. The molecule has 116 valence electrons. The van der Waals surface area contributed by atoms with Gasteiger partial charge in [-0.15, -0.1) is 0 Å². The second kappa shape index (κ2) is 6.13. The Morgan fingerprint density at radius 2 is 1.68 bits per heavy atom. The van der Waals surface area contributed by atoms with Crippen LogP contribution in [0.4, 0.5) is 11.6 Å². The van der Waals surface area contributed by atoms with Crippen LogP contribution >= 0.6 is 0 Å². The molecule has 0 saturated heterocycles. The predicted octanol–water partition coefficient (Wildman–Crippen LogP) is 3.56. The molecule has 22 heavy (non-hydrogen) atoms. The molecular weight excluding hydrogens is 276 g/mol. The van der Waals surface area contributed by atoms with Gasteiger partial charge < -0.3 is 10.6 Å². The quantitative estimate of drug-likeness (QED) is 0.909. The van der Waals surface area contributed by atoms with Crippen LogP contribution in [-0.4, -0.2) is 21.4 Å². The van der Waals surface area contributed by atoms with Gasteiger partial charge in [-0.2, -0.15) is 0 Å². The average Bonchev–Trinajstić information content (AvgIpc) is 2.42. The van der Waals surface area contributed by atoms with Gasteiger partial charge in [0.15, 0.2) is 0 Å². The van der Waals surface area contributed by atoms with E-state index in [4.69, 9.17) is 0 Å². The van der Waals surface area contributed by atoms with Gasteiger partial charge in [0.25, 0.3) is 5.91 Å². The number of rotatable bonds is 3. The van der Waals surface area contributed by atoms with Crippen LogP contribution in [-0.2, 0) is 0 Å². The van der Waals surface area contributed by atoms with Crippen LogP contribution in [0.1, 0.15) is 42.3 Å². The Hall–Kier alpha value is -2.43. The Balaban J connectivity index is 2.08. The van der Waals surface area contributed by atoms with Crippen molar-refractivity contribution in [1.29, 1.82) is 0 Å². The lowest BCUT2D eigenvalue weighted by Gasteiger charge is -2.20. The molecule has 0 fully saturated rings. The molecule has 2 aromatic rings. The van der Waals surface area contributed by atoms with E-state index in [1.165, 1.54) is 18.0 Å². The summed E-state index contributed by atoms with van der Waals surface area (Å²) in [4.78, 5) is 20.5. The Morgan fingerprint density at radius 3 is 2.23 bits per heavy atom. The van der Waals surface area contributed by atoms with Gasteiger partial charge in [0.05, 0.1) is 5.56 Å².